The molecule has 1 aromatic heterocycles. The molecule has 3 heterocycles. The summed E-state index contributed by atoms with van der Waals surface area (Å²) >= 11 is 0. The van der Waals surface area contributed by atoms with E-state index in [1.165, 1.54) is 23.1 Å². The number of aromatic nitrogens is 2. The molecule has 0 unspecified atom stereocenters. The normalized spacial score (nSPS) is 20.1. The van der Waals surface area contributed by atoms with Crippen molar-refractivity contribution in [3.05, 3.63) is 24.4 Å². The van der Waals surface area contributed by atoms with Crippen molar-refractivity contribution in [1.29, 1.82) is 0 Å². The molecule has 2 fully saturated rings. The minimum Gasteiger partial charge on any atom is -0.369 e. The average Bonchev–Trinajstić information content (AvgIpc) is 3.03. The average molecular weight is 355 g/mol. The summed E-state index contributed by atoms with van der Waals surface area (Å²) in [6.07, 6.45) is 4.25. The van der Waals surface area contributed by atoms with Gasteiger partial charge >= 0.3 is 0 Å². The number of piperidine rings is 1. The van der Waals surface area contributed by atoms with Gasteiger partial charge < -0.3 is 9.80 Å². The number of anilines is 1. The summed E-state index contributed by atoms with van der Waals surface area (Å²) in [6.45, 7) is 9.14. The van der Waals surface area contributed by atoms with E-state index in [1.807, 2.05) is 22.8 Å². The van der Waals surface area contributed by atoms with Crippen molar-refractivity contribution < 1.29 is 4.79 Å². The van der Waals surface area contributed by atoms with Crippen molar-refractivity contribution in [3.8, 4) is 0 Å². The van der Waals surface area contributed by atoms with Gasteiger partial charge in [0, 0.05) is 70.9 Å². The van der Waals surface area contributed by atoms with Crippen molar-refractivity contribution >= 4 is 22.5 Å². The maximum atomic E-state index is 11.5. The third-order valence-electron chi connectivity index (χ3n) is 6.04. The van der Waals surface area contributed by atoms with Crippen LogP contribution in [-0.2, 0) is 11.8 Å². The van der Waals surface area contributed by atoms with Crippen LogP contribution in [0.25, 0.3) is 10.9 Å². The zero-order valence-corrected chi connectivity index (χ0v) is 15.9. The van der Waals surface area contributed by atoms with Crippen LogP contribution in [-0.4, -0.2) is 71.3 Å². The number of amides is 1. The first-order valence-electron chi connectivity index (χ1n) is 9.75. The number of carbonyl (C=O) groups excluding carboxylic acids is 1. The topological polar surface area (TPSA) is 44.6 Å². The second kappa shape index (κ2) is 7.27. The molecule has 1 amide bonds. The Labute approximate surface area is 155 Å². The Bertz CT molecular complexity index is 770. The minimum atomic E-state index is 0.225. The van der Waals surface area contributed by atoms with Crippen LogP contribution in [0.1, 0.15) is 19.8 Å². The lowest BCUT2D eigenvalue weighted by Gasteiger charge is -2.39. The molecule has 1 aromatic carbocycles. The fraction of sp³-hybridized carbons (Fsp3) is 0.600. The molecule has 0 aliphatic carbocycles. The smallest absolute Gasteiger partial charge is 0.219 e. The van der Waals surface area contributed by atoms with Gasteiger partial charge in [0.15, 0.2) is 0 Å². The molecule has 6 nitrogen and oxygen atoms in total. The van der Waals surface area contributed by atoms with Crippen LogP contribution < -0.4 is 4.90 Å². The van der Waals surface area contributed by atoms with Crippen molar-refractivity contribution in [1.82, 2.24) is 19.6 Å². The second-order valence-electron chi connectivity index (χ2n) is 7.75. The lowest BCUT2D eigenvalue weighted by Crippen LogP contribution is -2.49. The quantitative estimate of drug-likeness (QED) is 0.844. The monoisotopic (exact) mass is 355 g/mol. The standard InChI is InChI=1S/C20H29N5O/c1-16(26)24-7-5-17(6-8-24)15-23-9-11-25(12-10-23)19-3-4-20-18(13-19)14-21-22(20)2/h3-4,13-14,17H,5-12,15H2,1-2H3. The molecule has 26 heavy (non-hydrogen) atoms. The van der Waals surface area contributed by atoms with Crippen molar-refractivity contribution in [3.63, 3.8) is 0 Å². The Kier molecular flexibility index (Phi) is 4.85. The third-order valence-corrected chi connectivity index (χ3v) is 6.04. The molecule has 6 heteroatoms. The van der Waals surface area contributed by atoms with Crippen LogP contribution in [0.4, 0.5) is 5.69 Å². The van der Waals surface area contributed by atoms with Gasteiger partial charge in [-0.15, -0.1) is 0 Å². The summed E-state index contributed by atoms with van der Waals surface area (Å²) in [5.41, 5.74) is 2.49. The number of likely N-dealkylation sites (tertiary alicyclic amines) is 1. The summed E-state index contributed by atoms with van der Waals surface area (Å²) in [4.78, 5) is 18.5. The fourth-order valence-corrected chi connectivity index (χ4v) is 4.33. The molecule has 2 aliphatic rings. The summed E-state index contributed by atoms with van der Waals surface area (Å²) in [7, 11) is 1.99. The number of piperazine rings is 1. The predicted octanol–water partition coefficient (Wildman–Crippen LogP) is 1.95. The second-order valence-corrected chi connectivity index (χ2v) is 7.75. The summed E-state index contributed by atoms with van der Waals surface area (Å²) in [6, 6.07) is 6.65. The van der Waals surface area contributed by atoms with Crippen molar-refractivity contribution in [2.45, 2.75) is 19.8 Å². The molecule has 4 rings (SSSR count). The highest BCUT2D eigenvalue weighted by molar-refractivity contribution is 5.82. The van der Waals surface area contributed by atoms with Gasteiger partial charge in [-0.2, -0.15) is 5.10 Å². The van der Waals surface area contributed by atoms with Gasteiger partial charge in [-0.3, -0.25) is 14.4 Å². The molecule has 0 N–H and O–H groups in total. The molecule has 0 spiro atoms. The number of carbonyl (C=O) groups is 1. The van der Waals surface area contributed by atoms with Gasteiger partial charge in [-0.25, -0.2) is 0 Å². The van der Waals surface area contributed by atoms with Crippen LogP contribution in [0, 0.1) is 5.92 Å². The molecule has 0 bridgehead atoms. The molecular formula is C20H29N5O. The Morgan fingerprint density at radius 2 is 1.85 bits per heavy atom. The van der Waals surface area contributed by atoms with E-state index in [1.54, 1.807) is 6.92 Å². The van der Waals surface area contributed by atoms with Crippen LogP contribution in [0.2, 0.25) is 0 Å². The van der Waals surface area contributed by atoms with E-state index in [2.05, 4.69) is 33.1 Å². The molecular weight excluding hydrogens is 326 g/mol. The zero-order chi connectivity index (χ0) is 18.1. The van der Waals surface area contributed by atoms with E-state index >= 15 is 0 Å². The molecule has 2 aliphatic heterocycles. The first-order chi connectivity index (χ1) is 12.6. The Balaban J connectivity index is 1.29. The van der Waals surface area contributed by atoms with Gasteiger partial charge in [0.05, 0.1) is 11.7 Å². The van der Waals surface area contributed by atoms with Crippen molar-refractivity contribution in [2.24, 2.45) is 13.0 Å². The highest BCUT2D eigenvalue weighted by Crippen LogP contribution is 2.24. The molecule has 0 saturated carbocycles. The van der Waals surface area contributed by atoms with Crippen LogP contribution >= 0.6 is 0 Å². The number of rotatable bonds is 3. The van der Waals surface area contributed by atoms with Crippen LogP contribution in [0.3, 0.4) is 0 Å². The lowest BCUT2D eigenvalue weighted by atomic mass is 9.96. The van der Waals surface area contributed by atoms with Crippen LogP contribution in [0.5, 0.6) is 0 Å². The summed E-state index contributed by atoms with van der Waals surface area (Å²) < 4.78 is 1.93. The van der Waals surface area contributed by atoms with Gasteiger partial charge in [0.25, 0.3) is 0 Å². The number of aryl methyl sites for hydroxylation is 1. The molecule has 0 radical (unpaired) electrons. The number of fused-ring (bicyclic) bond motifs is 1. The molecule has 0 atom stereocenters. The largest absolute Gasteiger partial charge is 0.369 e. The third kappa shape index (κ3) is 3.56. The van der Waals surface area contributed by atoms with Gasteiger partial charge in [-0.1, -0.05) is 0 Å². The number of hydrogen-bond acceptors (Lipinski definition) is 4. The Morgan fingerprint density at radius 1 is 1.12 bits per heavy atom. The SMILES string of the molecule is CC(=O)N1CCC(CN2CCN(c3ccc4c(cnn4C)c3)CC2)CC1. The van der Waals surface area contributed by atoms with Gasteiger partial charge in [-0.05, 0) is 37.0 Å². The van der Waals surface area contributed by atoms with E-state index in [4.69, 9.17) is 0 Å². The lowest BCUT2D eigenvalue weighted by molar-refractivity contribution is -0.130. The van der Waals surface area contributed by atoms with Crippen LogP contribution in [0.15, 0.2) is 24.4 Å². The number of nitrogens with zero attached hydrogens (tertiary/aromatic N) is 5. The molecule has 140 valence electrons. The highest BCUT2D eigenvalue weighted by Gasteiger charge is 2.24. The van der Waals surface area contributed by atoms with Crippen molar-refractivity contribution in [2.75, 3.05) is 50.7 Å². The Morgan fingerprint density at radius 3 is 2.54 bits per heavy atom. The maximum absolute atomic E-state index is 11.5. The highest BCUT2D eigenvalue weighted by atomic mass is 16.2. The molecule has 2 aromatic rings. The van der Waals surface area contributed by atoms with E-state index in [0.717, 1.165) is 58.0 Å². The minimum absolute atomic E-state index is 0.225. The van der Waals surface area contributed by atoms with E-state index in [9.17, 15) is 4.79 Å². The summed E-state index contributed by atoms with van der Waals surface area (Å²) in [5, 5.41) is 5.55. The first kappa shape index (κ1) is 17.3. The maximum Gasteiger partial charge on any atom is 0.219 e. The summed E-state index contributed by atoms with van der Waals surface area (Å²) in [5.74, 6) is 0.964. The van der Waals surface area contributed by atoms with E-state index in [0.29, 0.717) is 0 Å². The van der Waals surface area contributed by atoms with Gasteiger partial charge in [0.1, 0.15) is 0 Å². The van der Waals surface area contributed by atoms with Gasteiger partial charge in [0.2, 0.25) is 5.91 Å². The Hall–Kier alpha value is -2.08. The first-order valence-corrected chi connectivity index (χ1v) is 9.75. The number of hydrogen-bond donors (Lipinski definition) is 0. The predicted molar refractivity (Wildman–Crippen MR) is 104 cm³/mol. The van der Waals surface area contributed by atoms with E-state index < -0.39 is 0 Å². The fourth-order valence-electron chi connectivity index (χ4n) is 4.33. The van der Waals surface area contributed by atoms with E-state index in [-0.39, 0.29) is 5.91 Å². The number of benzene rings is 1. The molecule has 2 saturated heterocycles. The zero-order valence-electron chi connectivity index (χ0n) is 15.9.